The van der Waals surface area contributed by atoms with Gasteiger partial charge in [-0.05, 0) is 31.2 Å². The minimum absolute atomic E-state index is 0.269. The number of nitrogens with one attached hydrogen (secondary N) is 2. The van der Waals surface area contributed by atoms with E-state index in [9.17, 15) is 4.79 Å². The lowest BCUT2D eigenvalue weighted by Gasteiger charge is -2.19. The van der Waals surface area contributed by atoms with Crippen LogP contribution < -0.4 is 20.1 Å². The molecule has 0 bridgehead atoms. The van der Waals surface area contributed by atoms with Crippen molar-refractivity contribution < 1.29 is 18.8 Å². The van der Waals surface area contributed by atoms with Gasteiger partial charge in [-0.2, -0.15) is 0 Å². The van der Waals surface area contributed by atoms with Gasteiger partial charge in [-0.15, -0.1) is 0 Å². The first kappa shape index (κ1) is 15.9. The Morgan fingerprint density at radius 1 is 1.04 bits per heavy atom. The zero-order valence-electron chi connectivity index (χ0n) is 14.0. The standard InChI is InChI=1S/C18H16N4O4/c1-11-8-17(22-26-11)20-13-4-5-19-14(9-13)18(23)21-12-2-3-15-16(10-12)25-7-6-24-15/h2-5,8-10H,6-7H2,1H3,(H,21,23)(H,19,20,22). The van der Waals surface area contributed by atoms with E-state index in [1.165, 1.54) is 0 Å². The van der Waals surface area contributed by atoms with Gasteiger partial charge in [0.1, 0.15) is 24.7 Å². The summed E-state index contributed by atoms with van der Waals surface area (Å²) in [5.74, 6) is 2.20. The smallest absolute Gasteiger partial charge is 0.274 e. The van der Waals surface area contributed by atoms with Crippen LogP contribution in [0.4, 0.5) is 17.2 Å². The second-order valence-electron chi connectivity index (χ2n) is 5.69. The van der Waals surface area contributed by atoms with Crippen LogP contribution in [-0.2, 0) is 0 Å². The van der Waals surface area contributed by atoms with Crippen molar-refractivity contribution in [2.45, 2.75) is 6.92 Å². The SMILES string of the molecule is Cc1cc(Nc2ccnc(C(=O)Nc3ccc4c(c3)OCCO4)c2)no1. The number of carbonyl (C=O) groups is 1. The Morgan fingerprint density at radius 2 is 1.88 bits per heavy atom. The van der Waals surface area contributed by atoms with E-state index >= 15 is 0 Å². The molecule has 0 spiro atoms. The molecule has 2 aromatic heterocycles. The highest BCUT2D eigenvalue weighted by Crippen LogP contribution is 2.32. The molecule has 0 aliphatic carbocycles. The fraction of sp³-hybridized carbons (Fsp3) is 0.167. The Morgan fingerprint density at radius 3 is 2.69 bits per heavy atom. The number of carbonyl (C=O) groups excluding carboxylic acids is 1. The van der Waals surface area contributed by atoms with Crippen molar-refractivity contribution in [2.75, 3.05) is 23.8 Å². The number of ether oxygens (including phenoxy) is 2. The number of nitrogens with zero attached hydrogens (tertiary/aromatic N) is 2. The quantitative estimate of drug-likeness (QED) is 0.744. The van der Waals surface area contributed by atoms with Gasteiger partial charge in [-0.1, -0.05) is 5.16 Å². The van der Waals surface area contributed by atoms with Crippen molar-refractivity contribution in [1.29, 1.82) is 0 Å². The van der Waals surface area contributed by atoms with Crippen molar-refractivity contribution in [3.05, 3.63) is 54.0 Å². The largest absolute Gasteiger partial charge is 0.486 e. The summed E-state index contributed by atoms with van der Waals surface area (Å²) in [6.45, 7) is 2.81. The third-order valence-corrected chi connectivity index (χ3v) is 3.69. The normalized spacial score (nSPS) is 12.5. The summed E-state index contributed by atoms with van der Waals surface area (Å²) >= 11 is 0. The average molecular weight is 352 g/mol. The predicted octanol–water partition coefficient (Wildman–Crippen LogP) is 3.15. The lowest BCUT2D eigenvalue weighted by molar-refractivity contribution is 0.102. The molecule has 8 nitrogen and oxygen atoms in total. The van der Waals surface area contributed by atoms with Gasteiger partial charge in [-0.25, -0.2) is 0 Å². The van der Waals surface area contributed by atoms with E-state index in [-0.39, 0.29) is 11.6 Å². The summed E-state index contributed by atoms with van der Waals surface area (Å²) in [7, 11) is 0. The minimum atomic E-state index is -0.332. The molecule has 3 heterocycles. The molecule has 0 atom stereocenters. The fourth-order valence-corrected chi connectivity index (χ4v) is 2.52. The van der Waals surface area contributed by atoms with Gasteiger partial charge < -0.3 is 24.6 Å². The molecule has 4 rings (SSSR count). The molecule has 0 radical (unpaired) electrons. The predicted molar refractivity (Wildman–Crippen MR) is 94.1 cm³/mol. The van der Waals surface area contributed by atoms with E-state index in [0.29, 0.717) is 47.7 Å². The number of aryl methyl sites for hydroxylation is 1. The number of anilines is 3. The zero-order valence-corrected chi connectivity index (χ0v) is 14.0. The fourth-order valence-electron chi connectivity index (χ4n) is 2.52. The van der Waals surface area contributed by atoms with Gasteiger partial charge >= 0.3 is 0 Å². The Bertz CT molecular complexity index is 954. The van der Waals surface area contributed by atoms with E-state index < -0.39 is 0 Å². The van der Waals surface area contributed by atoms with Crippen LogP contribution in [0.15, 0.2) is 47.1 Å². The molecule has 1 aromatic carbocycles. The molecular formula is C18H16N4O4. The number of benzene rings is 1. The number of aromatic nitrogens is 2. The molecule has 1 aliphatic rings. The summed E-state index contributed by atoms with van der Waals surface area (Å²) in [4.78, 5) is 16.6. The summed E-state index contributed by atoms with van der Waals surface area (Å²) in [5.41, 5.74) is 1.55. The highest BCUT2D eigenvalue weighted by Gasteiger charge is 2.14. The van der Waals surface area contributed by atoms with Gasteiger partial charge in [0.25, 0.3) is 5.91 Å². The molecule has 132 valence electrons. The van der Waals surface area contributed by atoms with Crippen molar-refractivity contribution in [3.8, 4) is 11.5 Å². The van der Waals surface area contributed by atoms with Crippen molar-refractivity contribution >= 4 is 23.1 Å². The number of hydrogen-bond donors (Lipinski definition) is 2. The van der Waals surface area contributed by atoms with Gasteiger partial charge in [0.15, 0.2) is 17.3 Å². The van der Waals surface area contributed by atoms with E-state index in [4.69, 9.17) is 14.0 Å². The maximum Gasteiger partial charge on any atom is 0.274 e. The average Bonchev–Trinajstić information content (AvgIpc) is 3.06. The van der Waals surface area contributed by atoms with Crippen LogP contribution >= 0.6 is 0 Å². The molecule has 0 saturated heterocycles. The van der Waals surface area contributed by atoms with E-state index in [1.807, 2.05) is 0 Å². The molecule has 0 saturated carbocycles. The number of fused-ring (bicyclic) bond motifs is 1. The highest BCUT2D eigenvalue weighted by atomic mass is 16.6. The Balaban J connectivity index is 1.48. The topological polar surface area (TPSA) is 98.5 Å². The maximum absolute atomic E-state index is 12.5. The van der Waals surface area contributed by atoms with Crippen LogP contribution in [0.25, 0.3) is 0 Å². The van der Waals surface area contributed by atoms with Gasteiger partial charge in [0.2, 0.25) is 0 Å². The van der Waals surface area contributed by atoms with Gasteiger partial charge in [0.05, 0.1) is 0 Å². The molecule has 2 N–H and O–H groups in total. The second kappa shape index (κ2) is 6.75. The van der Waals surface area contributed by atoms with Gasteiger partial charge in [0, 0.05) is 29.7 Å². The minimum Gasteiger partial charge on any atom is -0.486 e. The van der Waals surface area contributed by atoms with E-state index in [2.05, 4.69) is 20.8 Å². The van der Waals surface area contributed by atoms with Crippen LogP contribution in [0.5, 0.6) is 11.5 Å². The number of hydrogen-bond acceptors (Lipinski definition) is 7. The lowest BCUT2D eigenvalue weighted by Crippen LogP contribution is -2.17. The third kappa shape index (κ3) is 3.44. The van der Waals surface area contributed by atoms with Crippen LogP contribution in [0.3, 0.4) is 0 Å². The molecule has 3 aromatic rings. The first-order chi connectivity index (χ1) is 12.7. The molecule has 0 unspecified atom stereocenters. The van der Waals surface area contributed by atoms with Crippen LogP contribution in [0.1, 0.15) is 16.2 Å². The van der Waals surface area contributed by atoms with Crippen molar-refractivity contribution in [3.63, 3.8) is 0 Å². The maximum atomic E-state index is 12.5. The first-order valence-electron chi connectivity index (χ1n) is 8.05. The Kier molecular flexibility index (Phi) is 4.14. The van der Waals surface area contributed by atoms with E-state index in [1.54, 1.807) is 49.5 Å². The van der Waals surface area contributed by atoms with E-state index in [0.717, 1.165) is 0 Å². The lowest BCUT2D eigenvalue weighted by atomic mass is 10.2. The van der Waals surface area contributed by atoms with Crippen molar-refractivity contribution in [2.24, 2.45) is 0 Å². The Labute approximate surface area is 149 Å². The Hall–Kier alpha value is -3.55. The number of rotatable bonds is 4. The first-order valence-corrected chi connectivity index (χ1v) is 8.05. The summed E-state index contributed by atoms with van der Waals surface area (Å²) in [6.07, 6.45) is 1.55. The van der Waals surface area contributed by atoms with Crippen molar-refractivity contribution in [1.82, 2.24) is 10.1 Å². The highest BCUT2D eigenvalue weighted by molar-refractivity contribution is 6.03. The molecule has 1 amide bonds. The summed E-state index contributed by atoms with van der Waals surface area (Å²) in [6, 6.07) is 10.4. The van der Waals surface area contributed by atoms with Crippen LogP contribution in [-0.4, -0.2) is 29.3 Å². The molecule has 26 heavy (non-hydrogen) atoms. The molecule has 0 fully saturated rings. The van der Waals surface area contributed by atoms with Gasteiger partial charge in [-0.3, -0.25) is 9.78 Å². The summed E-state index contributed by atoms with van der Waals surface area (Å²) in [5, 5.41) is 9.73. The van der Waals surface area contributed by atoms with Crippen LogP contribution in [0.2, 0.25) is 0 Å². The number of amides is 1. The summed E-state index contributed by atoms with van der Waals surface area (Å²) < 4.78 is 16.0. The second-order valence-corrected chi connectivity index (χ2v) is 5.69. The monoisotopic (exact) mass is 352 g/mol. The molecule has 8 heteroatoms. The zero-order chi connectivity index (χ0) is 17.9. The molecule has 1 aliphatic heterocycles. The third-order valence-electron chi connectivity index (χ3n) is 3.69. The van der Waals surface area contributed by atoms with Crippen LogP contribution in [0, 0.1) is 6.92 Å². The number of pyridine rings is 1. The molecular weight excluding hydrogens is 336 g/mol.